The molecule has 0 saturated carbocycles. The van der Waals surface area contributed by atoms with Crippen LogP contribution >= 0.6 is 11.6 Å². The topological polar surface area (TPSA) is 54.9 Å². The second-order valence-corrected chi connectivity index (χ2v) is 6.89. The minimum Gasteiger partial charge on any atom is -0.346 e. The van der Waals surface area contributed by atoms with Crippen LogP contribution in [-0.4, -0.2) is 22.4 Å². The van der Waals surface area contributed by atoms with Crippen molar-refractivity contribution in [1.29, 1.82) is 0 Å². The van der Waals surface area contributed by atoms with Crippen molar-refractivity contribution < 1.29 is 35.5 Å². The van der Waals surface area contributed by atoms with E-state index in [0.717, 1.165) is 42.7 Å². The lowest BCUT2D eigenvalue weighted by Crippen LogP contribution is -2.36. The van der Waals surface area contributed by atoms with Crippen LogP contribution in [0.15, 0.2) is 48.8 Å². The molecule has 0 fully saturated rings. The van der Waals surface area contributed by atoms with E-state index in [2.05, 4.69) is 9.97 Å². The summed E-state index contributed by atoms with van der Waals surface area (Å²) in [6.45, 7) is -1.39. The fourth-order valence-electron chi connectivity index (χ4n) is 2.74. The number of benzene rings is 1. The summed E-state index contributed by atoms with van der Waals surface area (Å²) in [7, 11) is 0. The Kier molecular flexibility index (Phi) is 6.40. The number of hydrogen-bond donors (Lipinski definition) is 1. The van der Waals surface area contributed by atoms with Gasteiger partial charge in [0.05, 0.1) is 22.7 Å². The maximum absolute atomic E-state index is 14.6. The Hall–Kier alpha value is -3.21. The third-order valence-electron chi connectivity index (χ3n) is 4.27. The van der Waals surface area contributed by atoms with E-state index in [4.69, 9.17) is 11.6 Å². The zero-order valence-electron chi connectivity index (χ0n) is 15.7. The van der Waals surface area contributed by atoms with Crippen LogP contribution in [0.2, 0.25) is 5.02 Å². The zero-order valence-corrected chi connectivity index (χ0v) is 16.4. The van der Waals surface area contributed by atoms with Gasteiger partial charge < -0.3 is 5.32 Å². The number of nitrogens with one attached hydrogen (secondary N) is 1. The summed E-state index contributed by atoms with van der Waals surface area (Å²) in [5.74, 6) is -7.84. The smallest absolute Gasteiger partial charge is 0.346 e. The first-order valence-electron chi connectivity index (χ1n) is 8.70. The SMILES string of the molecule is O=C(NCC(F)(F)c1ncc(-c2cnc(F)c(F)c2)cc1Cl)c1ccccc1C(F)(F)F. The van der Waals surface area contributed by atoms with E-state index < -0.39 is 58.2 Å². The molecule has 2 aromatic heterocycles. The molecule has 168 valence electrons. The number of pyridine rings is 2. The van der Waals surface area contributed by atoms with Crippen LogP contribution in [-0.2, 0) is 12.1 Å². The lowest BCUT2D eigenvalue weighted by Gasteiger charge is -2.19. The van der Waals surface area contributed by atoms with Gasteiger partial charge in [0.25, 0.3) is 5.91 Å². The molecule has 4 nitrogen and oxygen atoms in total. The van der Waals surface area contributed by atoms with Gasteiger partial charge in [0.1, 0.15) is 5.69 Å². The predicted molar refractivity (Wildman–Crippen MR) is 100 cm³/mol. The van der Waals surface area contributed by atoms with Crippen molar-refractivity contribution in [2.75, 3.05) is 6.54 Å². The van der Waals surface area contributed by atoms with Crippen molar-refractivity contribution in [2.45, 2.75) is 12.1 Å². The number of carbonyl (C=O) groups excluding carboxylic acids is 1. The molecule has 12 heteroatoms. The monoisotopic (exact) mass is 477 g/mol. The molecule has 3 rings (SSSR count). The van der Waals surface area contributed by atoms with Gasteiger partial charge in [-0.15, -0.1) is 0 Å². The summed E-state index contributed by atoms with van der Waals surface area (Å²) in [4.78, 5) is 18.8. The first-order chi connectivity index (χ1) is 14.9. The minimum absolute atomic E-state index is 0.0187. The van der Waals surface area contributed by atoms with Crippen molar-refractivity contribution >= 4 is 17.5 Å². The summed E-state index contributed by atoms with van der Waals surface area (Å²) in [5, 5.41) is 1.18. The number of hydrogen-bond acceptors (Lipinski definition) is 3. The third kappa shape index (κ3) is 4.98. The Morgan fingerprint density at radius 2 is 1.59 bits per heavy atom. The summed E-state index contributed by atoms with van der Waals surface area (Å²) < 4.78 is 94.5. The number of carbonyl (C=O) groups is 1. The number of halogens is 8. The molecule has 32 heavy (non-hydrogen) atoms. The van der Waals surface area contributed by atoms with Crippen molar-refractivity contribution in [3.63, 3.8) is 0 Å². The highest BCUT2D eigenvalue weighted by Crippen LogP contribution is 2.35. The molecule has 0 radical (unpaired) electrons. The average molecular weight is 478 g/mol. The first kappa shape index (κ1) is 23.5. The van der Waals surface area contributed by atoms with E-state index in [0.29, 0.717) is 6.07 Å². The average Bonchev–Trinajstić information content (AvgIpc) is 2.73. The van der Waals surface area contributed by atoms with Crippen LogP contribution in [0.4, 0.5) is 30.7 Å². The summed E-state index contributed by atoms with van der Waals surface area (Å²) in [5.41, 5.74) is -2.99. The van der Waals surface area contributed by atoms with Gasteiger partial charge in [-0.2, -0.15) is 26.3 Å². The van der Waals surface area contributed by atoms with Gasteiger partial charge in [0, 0.05) is 23.5 Å². The van der Waals surface area contributed by atoms with Gasteiger partial charge in [0.2, 0.25) is 5.95 Å². The largest absolute Gasteiger partial charge is 0.417 e. The summed E-state index contributed by atoms with van der Waals surface area (Å²) in [6, 6.07) is 5.50. The standard InChI is InChI=1S/C20H11ClF7N3O/c21-14-5-10(11-6-15(22)17(23)30-8-11)7-29-16(14)19(24,25)9-31-18(32)12-3-1-2-4-13(12)20(26,27)28/h1-8H,9H2,(H,31,32). The van der Waals surface area contributed by atoms with Crippen LogP contribution in [0.3, 0.4) is 0 Å². The maximum atomic E-state index is 14.6. The Bertz CT molecular complexity index is 1170. The molecular weight excluding hydrogens is 467 g/mol. The normalized spacial score (nSPS) is 12.0. The second kappa shape index (κ2) is 8.73. The van der Waals surface area contributed by atoms with Crippen molar-refractivity contribution in [3.05, 3.63) is 82.4 Å². The molecule has 0 aliphatic carbocycles. The molecule has 2 heterocycles. The van der Waals surface area contributed by atoms with E-state index in [1.54, 1.807) is 5.32 Å². The molecule has 1 N–H and O–H groups in total. The molecular formula is C20H11ClF7N3O. The second-order valence-electron chi connectivity index (χ2n) is 6.48. The van der Waals surface area contributed by atoms with E-state index in [1.807, 2.05) is 0 Å². The van der Waals surface area contributed by atoms with Gasteiger partial charge >= 0.3 is 12.1 Å². The molecule has 3 aromatic rings. The Morgan fingerprint density at radius 1 is 0.969 bits per heavy atom. The van der Waals surface area contributed by atoms with Crippen LogP contribution < -0.4 is 5.32 Å². The highest BCUT2D eigenvalue weighted by molar-refractivity contribution is 6.31. The van der Waals surface area contributed by atoms with Gasteiger partial charge in [-0.1, -0.05) is 23.7 Å². The number of aromatic nitrogens is 2. The zero-order chi connectivity index (χ0) is 23.7. The molecule has 1 aromatic carbocycles. The number of amides is 1. The predicted octanol–water partition coefficient (Wildman–Crippen LogP) is 5.62. The molecule has 0 aliphatic heterocycles. The molecule has 0 unspecified atom stereocenters. The fraction of sp³-hybridized carbons (Fsp3) is 0.150. The fourth-order valence-corrected chi connectivity index (χ4v) is 3.05. The van der Waals surface area contributed by atoms with Crippen LogP contribution in [0.1, 0.15) is 21.6 Å². The van der Waals surface area contributed by atoms with Crippen LogP contribution in [0.5, 0.6) is 0 Å². The molecule has 0 saturated heterocycles. The number of nitrogens with zero attached hydrogens (tertiary/aromatic N) is 2. The Labute approximate surface area is 181 Å². The van der Waals surface area contributed by atoms with E-state index in [1.165, 1.54) is 0 Å². The minimum atomic E-state index is -4.86. The molecule has 0 atom stereocenters. The third-order valence-corrected chi connectivity index (χ3v) is 4.55. The molecule has 0 aliphatic rings. The molecule has 1 amide bonds. The number of rotatable bonds is 5. The Morgan fingerprint density at radius 3 is 2.22 bits per heavy atom. The quantitative estimate of drug-likeness (QED) is 0.383. The van der Waals surface area contributed by atoms with Gasteiger partial charge in [-0.05, 0) is 24.3 Å². The van der Waals surface area contributed by atoms with Crippen LogP contribution in [0, 0.1) is 11.8 Å². The van der Waals surface area contributed by atoms with Crippen molar-refractivity contribution in [3.8, 4) is 11.1 Å². The number of alkyl halides is 5. The lowest BCUT2D eigenvalue weighted by atomic mass is 10.1. The first-order valence-corrected chi connectivity index (χ1v) is 9.07. The van der Waals surface area contributed by atoms with Crippen LogP contribution in [0.25, 0.3) is 11.1 Å². The van der Waals surface area contributed by atoms with Crippen molar-refractivity contribution in [2.24, 2.45) is 0 Å². The lowest BCUT2D eigenvalue weighted by molar-refractivity contribution is -0.137. The van der Waals surface area contributed by atoms with Gasteiger partial charge in [-0.25, -0.2) is 9.37 Å². The van der Waals surface area contributed by atoms with Gasteiger partial charge in [0.15, 0.2) is 5.82 Å². The van der Waals surface area contributed by atoms with Gasteiger partial charge in [-0.3, -0.25) is 9.78 Å². The highest BCUT2D eigenvalue weighted by Gasteiger charge is 2.38. The summed E-state index contributed by atoms with van der Waals surface area (Å²) in [6.07, 6.45) is -3.00. The maximum Gasteiger partial charge on any atom is 0.417 e. The highest BCUT2D eigenvalue weighted by atomic mass is 35.5. The van der Waals surface area contributed by atoms with Crippen molar-refractivity contribution in [1.82, 2.24) is 15.3 Å². The molecule has 0 bridgehead atoms. The Balaban J connectivity index is 1.80. The van der Waals surface area contributed by atoms with E-state index >= 15 is 0 Å². The summed E-state index contributed by atoms with van der Waals surface area (Å²) >= 11 is 5.86. The van der Waals surface area contributed by atoms with E-state index in [9.17, 15) is 35.5 Å². The molecule has 0 spiro atoms. The van der Waals surface area contributed by atoms with E-state index in [-0.39, 0.29) is 11.1 Å².